The molecule has 1 aromatic heterocycles. The van der Waals surface area contributed by atoms with Crippen LogP contribution in [0.3, 0.4) is 0 Å². The Balaban J connectivity index is 2.89. The lowest BCUT2D eigenvalue weighted by molar-refractivity contribution is -0.143. The molecule has 0 fully saturated rings. The molecule has 1 rings (SSSR count). The van der Waals surface area contributed by atoms with E-state index in [4.69, 9.17) is 4.74 Å². The SMILES string of the molecule is CCOC(=O)CN(CC)C(=O)c1c[nH]c(C)cc1=O. The fourth-order valence-corrected chi connectivity index (χ4v) is 1.60. The maximum absolute atomic E-state index is 12.1. The van der Waals surface area contributed by atoms with Gasteiger partial charge < -0.3 is 14.6 Å². The quantitative estimate of drug-likeness (QED) is 0.796. The van der Waals surface area contributed by atoms with E-state index in [9.17, 15) is 14.4 Å². The van der Waals surface area contributed by atoms with Gasteiger partial charge in [0.2, 0.25) is 0 Å². The molecule has 6 heteroatoms. The molecule has 104 valence electrons. The summed E-state index contributed by atoms with van der Waals surface area (Å²) in [5.41, 5.74) is 0.343. The number of likely N-dealkylation sites (N-methyl/N-ethyl adjacent to an activating group) is 1. The fraction of sp³-hybridized carbons (Fsp3) is 0.462. The molecular formula is C13H18N2O4. The van der Waals surface area contributed by atoms with Crippen molar-refractivity contribution in [3.05, 3.63) is 33.7 Å². The summed E-state index contributed by atoms with van der Waals surface area (Å²) in [5.74, 6) is -0.960. The first-order valence-electron chi connectivity index (χ1n) is 6.13. The number of hydrogen-bond donors (Lipinski definition) is 1. The van der Waals surface area contributed by atoms with E-state index in [1.54, 1.807) is 20.8 Å². The van der Waals surface area contributed by atoms with Crippen LogP contribution in [-0.4, -0.2) is 41.5 Å². The highest BCUT2D eigenvalue weighted by Crippen LogP contribution is 2.00. The van der Waals surface area contributed by atoms with Crippen LogP contribution in [0.4, 0.5) is 0 Å². The van der Waals surface area contributed by atoms with Crippen LogP contribution in [0, 0.1) is 6.92 Å². The first-order chi connectivity index (χ1) is 8.99. The number of esters is 1. The molecule has 0 aromatic carbocycles. The van der Waals surface area contributed by atoms with E-state index in [1.165, 1.54) is 17.2 Å². The van der Waals surface area contributed by atoms with Crippen molar-refractivity contribution < 1.29 is 14.3 Å². The summed E-state index contributed by atoms with van der Waals surface area (Å²) >= 11 is 0. The third kappa shape index (κ3) is 3.94. The molecule has 1 aromatic rings. The minimum atomic E-state index is -0.485. The van der Waals surface area contributed by atoms with Crippen molar-refractivity contribution in [3.8, 4) is 0 Å². The third-order valence-corrected chi connectivity index (χ3v) is 2.58. The number of aromatic nitrogens is 1. The van der Waals surface area contributed by atoms with Gasteiger partial charge in [0.1, 0.15) is 12.1 Å². The molecule has 0 aliphatic heterocycles. The Morgan fingerprint density at radius 3 is 2.58 bits per heavy atom. The number of ether oxygens (including phenoxy) is 1. The second kappa shape index (κ2) is 6.72. The molecule has 1 heterocycles. The molecule has 0 radical (unpaired) electrons. The van der Waals surface area contributed by atoms with Crippen LogP contribution in [-0.2, 0) is 9.53 Å². The van der Waals surface area contributed by atoms with Crippen LogP contribution in [0.15, 0.2) is 17.1 Å². The van der Waals surface area contributed by atoms with Gasteiger partial charge in [-0.1, -0.05) is 0 Å². The van der Waals surface area contributed by atoms with Gasteiger partial charge in [0.05, 0.1) is 6.61 Å². The topological polar surface area (TPSA) is 79.5 Å². The maximum Gasteiger partial charge on any atom is 0.325 e. The summed E-state index contributed by atoms with van der Waals surface area (Å²) < 4.78 is 4.79. The maximum atomic E-state index is 12.1. The van der Waals surface area contributed by atoms with Gasteiger partial charge in [-0.2, -0.15) is 0 Å². The summed E-state index contributed by atoms with van der Waals surface area (Å²) in [7, 11) is 0. The molecule has 0 aliphatic rings. The Morgan fingerprint density at radius 1 is 1.37 bits per heavy atom. The van der Waals surface area contributed by atoms with Gasteiger partial charge in [-0.05, 0) is 20.8 Å². The Kier molecular flexibility index (Phi) is 5.29. The van der Waals surface area contributed by atoms with E-state index in [0.717, 1.165) is 0 Å². The number of nitrogens with one attached hydrogen (secondary N) is 1. The zero-order valence-corrected chi connectivity index (χ0v) is 11.4. The zero-order valence-electron chi connectivity index (χ0n) is 11.4. The van der Waals surface area contributed by atoms with Gasteiger partial charge in [0.15, 0.2) is 5.43 Å². The Labute approximate surface area is 111 Å². The van der Waals surface area contributed by atoms with Crippen molar-refractivity contribution in [1.29, 1.82) is 0 Å². The minimum Gasteiger partial charge on any atom is -0.465 e. The van der Waals surface area contributed by atoms with Gasteiger partial charge >= 0.3 is 5.97 Å². The number of nitrogens with zero attached hydrogens (tertiary/aromatic N) is 1. The Bertz CT molecular complexity index is 522. The normalized spacial score (nSPS) is 10.1. The average molecular weight is 266 g/mol. The van der Waals surface area contributed by atoms with E-state index in [1.807, 2.05) is 0 Å². The van der Waals surface area contributed by atoms with Crippen molar-refractivity contribution in [3.63, 3.8) is 0 Å². The summed E-state index contributed by atoms with van der Waals surface area (Å²) in [6, 6.07) is 1.35. The highest BCUT2D eigenvalue weighted by molar-refractivity contribution is 5.95. The van der Waals surface area contributed by atoms with Gasteiger partial charge in [0, 0.05) is 24.5 Å². The van der Waals surface area contributed by atoms with Crippen molar-refractivity contribution in [2.45, 2.75) is 20.8 Å². The van der Waals surface area contributed by atoms with E-state index in [-0.39, 0.29) is 24.1 Å². The van der Waals surface area contributed by atoms with E-state index < -0.39 is 11.9 Å². The highest BCUT2D eigenvalue weighted by Gasteiger charge is 2.20. The first-order valence-corrected chi connectivity index (χ1v) is 6.13. The fourth-order valence-electron chi connectivity index (χ4n) is 1.60. The second-order valence-corrected chi connectivity index (χ2v) is 4.02. The largest absolute Gasteiger partial charge is 0.465 e. The van der Waals surface area contributed by atoms with Crippen LogP contribution >= 0.6 is 0 Å². The van der Waals surface area contributed by atoms with E-state index in [2.05, 4.69) is 4.98 Å². The summed E-state index contributed by atoms with van der Waals surface area (Å²) in [6.45, 7) is 5.59. The lowest BCUT2D eigenvalue weighted by Crippen LogP contribution is -2.38. The number of pyridine rings is 1. The van der Waals surface area contributed by atoms with Gasteiger partial charge in [-0.25, -0.2) is 0 Å². The van der Waals surface area contributed by atoms with Crippen LogP contribution in [0.1, 0.15) is 29.9 Å². The smallest absolute Gasteiger partial charge is 0.325 e. The monoisotopic (exact) mass is 266 g/mol. The van der Waals surface area contributed by atoms with Crippen molar-refractivity contribution in [1.82, 2.24) is 9.88 Å². The van der Waals surface area contributed by atoms with Crippen LogP contribution in [0.25, 0.3) is 0 Å². The zero-order chi connectivity index (χ0) is 14.4. The molecule has 0 atom stereocenters. The van der Waals surface area contributed by atoms with Gasteiger partial charge in [0.25, 0.3) is 5.91 Å². The van der Waals surface area contributed by atoms with Crippen molar-refractivity contribution >= 4 is 11.9 Å². The predicted molar refractivity (Wildman–Crippen MR) is 70.0 cm³/mol. The molecule has 6 nitrogen and oxygen atoms in total. The number of aromatic amines is 1. The Hall–Kier alpha value is -2.11. The van der Waals surface area contributed by atoms with E-state index in [0.29, 0.717) is 12.2 Å². The van der Waals surface area contributed by atoms with Gasteiger partial charge in [-0.15, -0.1) is 0 Å². The summed E-state index contributed by atoms with van der Waals surface area (Å²) in [4.78, 5) is 39.4. The van der Waals surface area contributed by atoms with E-state index >= 15 is 0 Å². The lowest BCUT2D eigenvalue weighted by atomic mass is 10.2. The molecule has 0 spiro atoms. The standard InChI is InChI=1S/C13H18N2O4/c1-4-15(8-12(17)19-5-2)13(18)10-7-14-9(3)6-11(10)16/h6-7H,4-5,8H2,1-3H3,(H,14,16). The molecule has 0 saturated carbocycles. The number of carbonyl (C=O) groups is 2. The van der Waals surface area contributed by atoms with Crippen LogP contribution in [0.2, 0.25) is 0 Å². The number of hydrogen-bond acceptors (Lipinski definition) is 4. The van der Waals surface area contributed by atoms with Crippen molar-refractivity contribution in [2.75, 3.05) is 19.7 Å². The molecule has 19 heavy (non-hydrogen) atoms. The molecular weight excluding hydrogens is 248 g/mol. The number of carbonyl (C=O) groups excluding carboxylic acids is 2. The number of H-pyrrole nitrogens is 1. The molecule has 0 unspecified atom stereocenters. The minimum absolute atomic E-state index is 0.0248. The number of aryl methyl sites for hydroxylation is 1. The Morgan fingerprint density at radius 2 is 2.05 bits per heavy atom. The first kappa shape index (κ1) is 14.9. The molecule has 1 N–H and O–H groups in total. The van der Waals surface area contributed by atoms with Crippen LogP contribution < -0.4 is 5.43 Å². The molecule has 1 amide bonds. The summed E-state index contributed by atoms with van der Waals surface area (Å²) in [6.07, 6.45) is 1.37. The second-order valence-electron chi connectivity index (χ2n) is 4.02. The highest BCUT2D eigenvalue weighted by atomic mass is 16.5. The lowest BCUT2D eigenvalue weighted by Gasteiger charge is -2.19. The van der Waals surface area contributed by atoms with Gasteiger partial charge in [-0.3, -0.25) is 14.4 Å². The van der Waals surface area contributed by atoms with Crippen LogP contribution in [0.5, 0.6) is 0 Å². The van der Waals surface area contributed by atoms with Crippen molar-refractivity contribution in [2.24, 2.45) is 0 Å². The predicted octanol–water partition coefficient (Wildman–Crippen LogP) is 0.709. The number of amides is 1. The molecule has 0 aliphatic carbocycles. The molecule has 0 saturated heterocycles. The third-order valence-electron chi connectivity index (χ3n) is 2.58. The average Bonchev–Trinajstić information content (AvgIpc) is 2.35. The summed E-state index contributed by atoms with van der Waals surface area (Å²) in [5, 5.41) is 0. The molecule has 0 bridgehead atoms. The number of rotatable bonds is 5.